The van der Waals surface area contributed by atoms with Gasteiger partial charge in [0.2, 0.25) is 0 Å². The van der Waals surface area contributed by atoms with E-state index in [9.17, 15) is 14.4 Å². The molecule has 0 aromatic heterocycles. The zero-order valence-electron chi connectivity index (χ0n) is 51.7. The first-order valence-corrected chi connectivity index (χ1v) is 34.1. The molecule has 450 valence electrons. The summed E-state index contributed by atoms with van der Waals surface area (Å²) >= 11 is 0. The lowest BCUT2D eigenvalue weighted by molar-refractivity contribution is -0.167. The van der Waals surface area contributed by atoms with E-state index in [0.717, 1.165) is 89.9 Å². The minimum absolute atomic E-state index is 0.0773. The molecule has 0 saturated heterocycles. The van der Waals surface area contributed by atoms with Crippen LogP contribution in [0.25, 0.3) is 0 Å². The lowest BCUT2D eigenvalue weighted by atomic mass is 10.0. The summed E-state index contributed by atoms with van der Waals surface area (Å²) in [4.78, 5) is 38.4. The van der Waals surface area contributed by atoms with Crippen LogP contribution in [0.15, 0.2) is 48.6 Å². The Morgan fingerprint density at radius 2 is 0.468 bits per heavy atom. The molecule has 0 aromatic rings. The van der Waals surface area contributed by atoms with Gasteiger partial charge in [-0.15, -0.1) is 0 Å². The van der Waals surface area contributed by atoms with E-state index in [-0.39, 0.29) is 31.1 Å². The highest BCUT2D eigenvalue weighted by Crippen LogP contribution is 2.18. The summed E-state index contributed by atoms with van der Waals surface area (Å²) < 4.78 is 17.0. The zero-order chi connectivity index (χ0) is 55.7. The third kappa shape index (κ3) is 64.1. The second-order valence-corrected chi connectivity index (χ2v) is 23.1. The van der Waals surface area contributed by atoms with Crippen LogP contribution < -0.4 is 0 Å². The summed E-state index contributed by atoms with van der Waals surface area (Å²) in [6, 6.07) is 0. The predicted octanol–water partition coefficient (Wildman–Crippen LogP) is 23.3. The van der Waals surface area contributed by atoms with Gasteiger partial charge in [-0.3, -0.25) is 14.4 Å². The molecule has 0 saturated carbocycles. The quantitative estimate of drug-likeness (QED) is 0.0261. The number of esters is 3. The molecule has 0 bridgehead atoms. The Labute approximate surface area is 479 Å². The zero-order valence-corrected chi connectivity index (χ0v) is 51.7. The van der Waals surface area contributed by atoms with Gasteiger partial charge in [0.1, 0.15) is 13.2 Å². The minimum Gasteiger partial charge on any atom is -0.462 e. The molecule has 0 spiro atoms. The molecule has 0 amide bonds. The molecule has 0 radical (unpaired) electrons. The SMILES string of the molecule is CCCCCC/C=C\C/C=C\CCCCCCCCCC(=O)OC(COC(=O)CCCCCCC/C=C\C/C=C\CCCCCC)COC(=O)CCCCCCCCCCCCCCCCCCCCCCCCCCC. The number of unbranched alkanes of at least 4 members (excludes halogenated alkanes) is 44. The van der Waals surface area contributed by atoms with Gasteiger partial charge >= 0.3 is 17.9 Å². The lowest BCUT2D eigenvalue weighted by Crippen LogP contribution is -2.30. The average molecular weight is 1080 g/mol. The van der Waals surface area contributed by atoms with Crippen molar-refractivity contribution in [1.29, 1.82) is 0 Å². The van der Waals surface area contributed by atoms with Crippen molar-refractivity contribution < 1.29 is 28.6 Å². The molecule has 6 nitrogen and oxygen atoms in total. The Hall–Kier alpha value is -2.63. The molecule has 0 aromatic carbocycles. The van der Waals surface area contributed by atoms with Crippen molar-refractivity contribution in [2.24, 2.45) is 0 Å². The van der Waals surface area contributed by atoms with Crippen molar-refractivity contribution in [3.63, 3.8) is 0 Å². The van der Waals surface area contributed by atoms with Crippen LogP contribution in [-0.4, -0.2) is 37.2 Å². The lowest BCUT2D eigenvalue weighted by Gasteiger charge is -2.18. The number of carbonyl (C=O) groups is 3. The molecule has 0 aliphatic carbocycles. The molecule has 0 N–H and O–H groups in total. The number of rotatable bonds is 63. The van der Waals surface area contributed by atoms with Crippen molar-refractivity contribution in [1.82, 2.24) is 0 Å². The number of ether oxygens (including phenoxy) is 3. The number of hydrogen-bond acceptors (Lipinski definition) is 6. The Morgan fingerprint density at radius 3 is 0.727 bits per heavy atom. The number of hydrogen-bond donors (Lipinski definition) is 0. The van der Waals surface area contributed by atoms with Crippen LogP contribution in [0.5, 0.6) is 0 Å². The maximum atomic E-state index is 12.9. The summed E-state index contributed by atoms with van der Waals surface area (Å²) in [5.74, 6) is -0.876. The molecule has 77 heavy (non-hydrogen) atoms. The fourth-order valence-electron chi connectivity index (χ4n) is 10.2. The molecule has 1 atom stereocenters. The largest absolute Gasteiger partial charge is 0.462 e. The molecule has 0 fully saturated rings. The summed E-state index contributed by atoms with van der Waals surface area (Å²) in [7, 11) is 0. The molecular weight excluding hydrogens is 949 g/mol. The van der Waals surface area contributed by atoms with E-state index < -0.39 is 6.10 Å². The highest BCUT2D eigenvalue weighted by atomic mass is 16.6. The van der Waals surface area contributed by atoms with E-state index >= 15 is 0 Å². The van der Waals surface area contributed by atoms with Gasteiger partial charge in [0, 0.05) is 19.3 Å². The maximum Gasteiger partial charge on any atom is 0.306 e. The van der Waals surface area contributed by atoms with Crippen molar-refractivity contribution in [2.45, 2.75) is 374 Å². The summed E-state index contributed by atoms with van der Waals surface area (Å²) in [6.07, 6.45) is 82.7. The highest BCUT2D eigenvalue weighted by Gasteiger charge is 2.19. The fraction of sp³-hybridized carbons (Fsp3) is 0.845. The van der Waals surface area contributed by atoms with Gasteiger partial charge < -0.3 is 14.2 Å². The van der Waals surface area contributed by atoms with E-state index in [1.54, 1.807) is 0 Å². The monoisotopic (exact) mass is 1080 g/mol. The predicted molar refractivity (Wildman–Crippen MR) is 335 cm³/mol. The van der Waals surface area contributed by atoms with Crippen LogP contribution in [0.2, 0.25) is 0 Å². The molecule has 6 heteroatoms. The Morgan fingerprint density at radius 1 is 0.260 bits per heavy atom. The highest BCUT2D eigenvalue weighted by molar-refractivity contribution is 5.71. The van der Waals surface area contributed by atoms with Crippen LogP contribution in [0.3, 0.4) is 0 Å². The van der Waals surface area contributed by atoms with Crippen LogP contribution >= 0.6 is 0 Å². The first-order valence-electron chi connectivity index (χ1n) is 34.1. The first-order chi connectivity index (χ1) is 38.0. The number of carbonyl (C=O) groups excluding carboxylic acids is 3. The van der Waals surface area contributed by atoms with E-state index in [4.69, 9.17) is 14.2 Å². The molecule has 1 unspecified atom stereocenters. The van der Waals surface area contributed by atoms with Gasteiger partial charge in [0.25, 0.3) is 0 Å². The Kier molecular flexibility index (Phi) is 63.6. The molecule has 0 rings (SSSR count). The van der Waals surface area contributed by atoms with Crippen LogP contribution in [-0.2, 0) is 28.6 Å². The normalized spacial score (nSPS) is 12.3. The summed E-state index contributed by atoms with van der Waals surface area (Å²) in [5.41, 5.74) is 0. The second-order valence-electron chi connectivity index (χ2n) is 23.1. The number of allylic oxidation sites excluding steroid dienone is 8. The maximum absolute atomic E-state index is 12.9. The van der Waals surface area contributed by atoms with E-state index in [0.29, 0.717) is 19.3 Å². The molecule has 0 heterocycles. The van der Waals surface area contributed by atoms with Gasteiger partial charge in [-0.1, -0.05) is 313 Å². The van der Waals surface area contributed by atoms with Crippen molar-refractivity contribution >= 4 is 17.9 Å². The van der Waals surface area contributed by atoms with Crippen molar-refractivity contribution in [3.05, 3.63) is 48.6 Å². The molecule has 0 aliphatic rings. The van der Waals surface area contributed by atoms with Gasteiger partial charge in [-0.2, -0.15) is 0 Å². The topological polar surface area (TPSA) is 78.9 Å². The van der Waals surface area contributed by atoms with Gasteiger partial charge in [0.05, 0.1) is 0 Å². The average Bonchev–Trinajstić information content (AvgIpc) is 3.43. The van der Waals surface area contributed by atoms with Crippen LogP contribution in [0.4, 0.5) is 0 Å². The fourth-order valence-corrected chi connectivity index (χ4v) is 10.2. The standard InChI is InChI=1S/C71H130O6/c1-4-7-10-13-16-19-22-25-28-31-33-34-35-36-37-38-39-41-43-46-49-52-55-58-61-64-70(73)76-67-68(66-75-69(72)63-60-57-54-51-48-45-42-30-27-24-21-18-15-12-9-6-3)77-71(74)65-62-59-56-53-50-47-44-40-32-29-26-23-20-17-14-11-8-5-2/h20-21,23-24,29-30,32,42,68H,4-19,22,25-28,31,33-41,43-67H2,1-3H3/b23-20-,24-21-,32-29-,42-30-. The summed E-state index contributed by atoms with van der Waals surface area (Å²) in [6.45, 7) is 6.65. The summed E-state index contributed by atoms with van der Waals surface area (Å²) in [5, 5.41) is 0. The third-order valence-corrected chi connectivity index (χ3v) is 15.3. The van der Waals surface area contributed by atoms with Gasteiger partial charge in [-0.05, 0) is 83.5 Å². The molecular formula is C71H130O6. The second kappa shape index (κ2) is 65.9. The van der Waals surface area contributed by atoms with E-state index in [2.05, 4.69) is 69.4 Å². The van der Waals surface area contributed by atoms with Crippen molar-refractivity contribution in [2.75, 3.05) is 13.2 Å². The van der Waals surface area contributed by atoms with Gasteiger partial charge in [0.15, 0.2) is 6.10 Å². The first kappa shape index (κ1) is 74.4. The van der Waals surface area contributed by atoms with Crippen LogP contribution in [0, 0.1) is 0 Å². The van der Waals surface area contributed by atoms with Gasteiger partial charge in [-0.25, -0.2) is 0 Å². The van der Waals surface area contributed by atoms with Crippen LogP contribution in [0.1, 0.15) is 367 Å². The van der Waals surface area contributed by atoms with Crippen molar-refractivity contribution in [3.8, 4) is 0 Å². The molecule has 0 aliphatic heterocycles. The smallest absolute Gasteiger partial charge is 0.306 e. The van der Waals surface area contributed by atoms with E-state index in [1.165, 1.54) is 238 Å². The third-order valence-electron chi connectivity index (χ3n) is 15.3. The van der Waals surface area contributed by atoms with E-state index in [1.807, 2.05) is 0 Å². The Bertz CT molecular complexity index is 1330. The minimum atomic E-state index is -0.783. The Balaban J connectivity index is 4.29.